The van der Waals surface area contributed by atoms with E-state index in [1.54, 1.807) is 0 Å². The number of benzene rings is 1. The number of amides is 1. The molecule has 1 aliphatic heterocycles. The van der Waals surface area contributed by atoms with Gasteiger partial charge in [0.2, 0.25) is 5.91 Å². The summed E-state index contributed by atoms with van der Waals surface area (Å²) in [6, 6.07) is 10.2. The highest BCUT2D eigenvalue weighted by Crippen LogP contribution is 2.27. The molecule has 104 valence electrons. The van der Waals surface area contributed by atoms with Crippen molar-refractivity contribution in [3.63, 3.8) is 0 Å². The highest BCUT2D eigenvalue weighted by molar-refractivity contribution is 5.82. The molecule has 1 aromatic carbocycles. The molecule has 0 saturated carbocycles. The molecule has 0 bridgehead atoms. The molecule has 2 rings (SSSR count). The van der Waals surface area contributed by atoms with Gasteiger partial charge in [0, 0.05) is 19.1 Å². The maximum Gasteiger partial charge on any atom is 0.237 e. The number of hydrogen-bond acceptors (Lipinski definition) is 3. The van der Waals surface area contributed by atoms with Gasteiger partial charge in [0.1, 0.15) is 0 Å². The number of carbonyl (C=O) groups is 1. The fourth-order valence-corrected chi connectivity index (χ4v) is 2.93. The lowest BCUT2D eigenvalue weighted by atomic mass is 9.95. The zero-order valence-corrected chi connectivity index (χ0v) is 11.7. The third kappa shape index (κ3) is 2.96. The van der Waals surface area contributed by atoms with Crippen LogP contribution < -0.4 is 11.1 Å². The molecular weight excluding hydrogens is 238 g/mol. The second-order valence-electron chi connectivity index (χ2n) is 5.17. The maximum absolute atomic E-state index is 12.0. The summed E-state index contributed by atoms with van der Waals surface area (Å²) in [6.45, 7) is 5.61. The summed E-state index contributed by atoms with van der Waals surface area (Å²) < 4.78 is 0. The maximum atomic E-state index is 12.0. The standard InChI is InChI=1S/C15H23N3O/c1-3-13-15(19)17-9-10-18(13)14(11(2)16)12-7-5-4-6-8-12/h4-8,11,13-14H,3,9-10,16H2,1-2H3,(H,17,19). The van der Waals surface area contributed by atoms with Crippen molar-refractivity contribution >= 4 is 5.91 Å². The van der Waals surface area contributed by atoms with Crippen LogP contribution in [0, 0.1) is 0 Å². The molecule has 19 heavy (non-hydrogen) atoms. The average Bonchev–Trinajstić information content (AvgIpc) is 2.40. The Balaban J connectivity index is 2.30. The van der Waals surface area contributed by atoms with Gasteiger partial charge in [0.05, 0.1) is 12.1 Å². The van der Waals surface area contributed by atoms with Gasteiger partial charge in [0.15, 0.2) is 0 Å². The fraction of sp³-hybridized carbons (Fsp3) is 0.533. The van der Waals surface area contributed by atoms with E-state index in [1.807, 2.05) is 32.0 Å². The number of carbonyl (C=O) groups excluding carboxylic acids is 1. The molecule has 3 atom stereocenters. The lowest BCUT2D eigenvalue weighted by Gasteiger charge is -2.42. The highest BCUT2D eigenvalue weighted by atomic mass is 16.2. The molecule has 4 nitrogen and oxygen atoms in total. The van der Waals surface area contributed by atoms with Crippen molar-refractivity contribution in [1.82, 2.24) is 10.2 Å². The minimum Gasteiger partial charge on any atom is -0.353 e. The lowest BCUT2D eigenvalue weighted by Crippen LogP contribution is -2.58. The minimum atomic E-state index is -0.0787. The van der Waals surface area contributed by atoms with E-state index in [0.717, 1.165) is 13.0 Å². The molecule has 0 aromatic heterocycles. The summed E-state index contributed by atoms with van der Waals surface area (Å²) >= 11 is 0. The molecule has 3 N–H and O–H groups in total. The monoisotopic (exact) mass is 261 g/mol. The second-order valence-corrected chi connectivity index (χ2v) is 5.17. The van der Waals surface area contributed by atoms with E-state index in [-0.39, 0.29) is 24.0 Å². The molecule has 1 amide bonds. The first kappa shape index (κ1) is 14.0. The predicted molar refractivity (Wildman–Crippen MR) is 76.6 cm³/mol. The molecule has 1 aromatic rings. The Hall–Kier alpha value is -1.39. The van der Waals surface area contributed by atoms with Gasteiger partial charge in [-0.05, 0) is 18.9 Å². The number of nitrogens with one attached hydrogen (secondary N) is 1. The normalized spacial score (nSPS) is 23.7. The van der Waals surface area contributed by atoms with Crippen LogP contribution in [0.5, 0.6) is 0 Å². The van der Waals surface area contributed by atoms with Crippen molar-refractivity contribution in [2.45, 2.75) is 38.4 Å². The third-order valence-electron chi connectivity index (χ3n) is 3.76. The Labute approximate surface area is 115 Å². The van der Waals surface area contributed by atoms with Crippen LogP contribution in [0.2, 0.25) is 0 Å². The van der Waals surface area contributed by atoms with Crippen LogP contribution in [0.4, 0.5) is 0 Å². The van der Waals surface area contributed by atoms with Gasteiger partial charge < -0.3 is 11.1 Å². The van der Waals surface area contributed by atoms with Gasteiger partial charge >= 0.3 is 0 Å². The van der Waals surface area contributed by atoms with Gasteiger partial charge in [-0.1, -0.05) is 37.3 Å². The molecule has 1 heterocycles. The van der Waals surface area contributed by atoms with Crippen molar-refractivity contribution in [3.8, 4) is 0 Å². The first-order valence-corrected chi connectivity index (χ1v) is 6.99. The SMILES string of the molecule is CCC1C(=O)NCCN1C(c1ccccc1)C(C)N. The number of hydrogen-bond donors (Lipinski definition) is 2. The van der Waals surface area contributed by atoms with Crippen LogP contribution in [0.25, 0.3) is 0 Å². The van der Waals surface area contributed by atoms with Gasteiger partial charge in [0.25, 0.3) is 0 Å². The summed E-state index contributed by atoms with van der Waals surface area (Å²) in [5.74, 6) is 0.121. The minimum absolute atomic E-state index is 0.0117. The Morgan fingerprint density at radius 3 is 2.68 bits per heavy atom. The van der Waals surface area contributed by atoms with Crippen LogP contribution in [0.15, 0.2) is 30.3 Å². The molecule has 1 aliphatic rings. The molecule has 4 heteroatoms. The summed E-state index contributed by atoms with van der Waals surface area (Å²) in [5, 5.41) is 2.94. The Bertz CT molecular complexity index is 419. The van der Waals surface area contributed by atoms with Crippen molar-refractivity contribution < 1.29 is 4.79 Å². The van der Waals surface area contributed by atoms with Gasteiger partial charge in [-0.25, -0.2) is 0 Å². The summed E-state index contributed by atoms with van der Waals surface area (Å²) in [7, 11) is 0. The number of nitrogens with two attached hydrogens (primary N) is 1. The van der Waals surface area contributed by atoms with E-state index in [1.165, 1.54) is 5.56 Å². The third-order valence-corrected chi connectivity index (χ3v) is 3.76. The molecule has 0 aliphatic carbocycles. The van der Waals surface area contributed by atoms with E-state index in [2.05, 4.69) is 22.3 Å². The van der Waals surface area contributed by atoms with Crippen LogP contribution in [-0.4, -0.2) is 36.0 Å². The zero-order valence-electron chi connectivity index (χ0n) is 11.7. The summed E-state index contributed by atoms with van der Waals surface area (Å²) in [5.41, 5.74) is 7.37. The van der Waals surface area contributed by atoms with Crippen LogP contribution in [0.1, 0.15) is 31.9 Å². The number of nitrogens with zero attached hydrogens (tertiary/aromatic N) is 1. The molecule has 3 unspecified atom stereocenters. The van der Waals surface area contributed by atoms with Crippen molar-refractivity contribution in [1.29, 1.82) is 0 Å². The smallest absolute Gasteiger partial charge is 0.237 e. The van der Waals surface area contributed by atoms with Crippen LogP contribution >= 0.6 is 0 Å². The average molecular weight is 261 g/mol. The van der Waals surface area contributed by atoms with E-state index < -0.39 is 0 Å². The lowest BCUT2D eigenvalue weighted by molar-refractivity contribution is -0.130. The molecule has 0 spiro atoms. The molecule has 0 radical (unpaired) electrons. The predicted octanol–water partition coefficient (Wildman–Crippen LogP) is 1.29. The molecular formula is C15H23N3O. The van der Waals surface area contributed by atoms with E-state index >= 15 is 0 Å². The quantitative estimate of drug-likeness (QED) is 0.858. The van der Waals surface area contributed by atoms with Crippen LogP contribution in [-0.2, 0) is 4.79 Å². The number of piperazine rings is 1. The Morgan fingerprint density at radius 2 is 2.11 bits per heavy atom. The topological polar surface area (TPSA) is 58.4 Å². The van der Waals surface area contributed by atoms with Gasteiger partial charge in [-0.3, -0.25) is 9.69 Å². The van der Waals surface area contributed by atoms with Gasteiger partial charge in [-0.15, -0.1) is 0 Å². The fourth-order valence-electron chi connectivity index (χ4n) is 2.93. The second kappa shape index (κ2) is 6.17. The van der Waals surface area contributed by atoms with E-state index in [9.17, 15) is 4.79 Å². The largest absolute Gasteiger partial charge is 0.353 e. The summed E-state index contributed by atoms with van der Waals surface area (Å²) in [4.78, 5) is 14.2. The first-order chi connectivity index (χ1) is 9.15. The first-order valence-electron chi connectivity index (χ1n) is 6.99. The molecule has 1 fully saturated rings. The molecule has 1 saturated heterocycles. The Morgan fingerprint density at radius 1 is 1.42 bits per heavy atom. The summed E-state index contributed by atoms with van der Waals surface area (Å²) in [6.07, 6.45) is 0.807. The van der Waals surface area contributed by atoms with Crippen molar-refractivity contribution in [2.24, 2.45) is 5.73 Å². The van der Waals surface area contributed by atoms with Gasteiger partial charge in [-0.2, -0.15) is 0 Å². The van der Waals surface area contributed by atoms with E-state index in [4.69, 9.17) is 5.73 Å². The number of rotatable bonds is 4. The Kier molecular flexibility index (Phi) is 4.56. The zero-order chi connectivity index (χ0) is 13.8. The highest BCUT2D eigenvalue weighted by Gasteiger charge is 2.35. The van der Waals surface area contributed by atoms with Crippen molar-refractivity contribution in [2.75, 3.05) is 13.1 Å². The van der Waals surface area contributed by atoms with Crippen LogP contribution in [0.3, 0.4) is 0 Å². The van der Waals surface area contributed by atoms with E-state index in [0.29, 0.717) is 6.54 Å². The van der Waals surface area contributed by atoms with Crippen molar-refractivity contribution in [3.05, 3.63) is 35.9 Å².